The van der Waals surface area contributed by atoms with Crippen LogP contribution in [0.1, 0.15) is 5.69 Å². The molecule has 0 saturated heterocycles. The van der Waals surface area contributed by atoms with E-state index in [1.165, 1.54) is 4.90 Å². The predicted octanol–water partition coefficient (Wildman–Crippen LogP) is 5.07. The van der Waals surface area contributed by atoms with E-state index in [0.717, 1.165) is 19.7 Å². The molecule has 0 radical (unpaired) electrons. The van der Waals surface area contributed by atoms with Crippen molar-refractivity contribution in [3.05, 3.63) is 51.0 Å². The zero-order valence-electron chi connectivity index (χ0n) is 8.58. The van der Waals surface area contributed by atoms with Gasteiger partial charge >= 0.3 is 0 Å². The fourth-order valence-corrected chi connectivity index (χ4v) is 2.82. The van der Waals surface area contributed by atoms with Crippen molar-refractivity contribution in [3.8, 4) is 0 Å². The Hall–Kier alpha value is -0.320. The van der Waals surface area contributed by atoms with Crippen molar-refractivity contribution in [1.82, 2.24) is 4.98 Å². The molecule has 0 fully saturated rings. The van der Waals surface area contributed by atoms with Crippen LogP contribution in [0.5, 0.6) is 0 Å². The van der Waals surface area contributed by atoms with Crippen LogP contribution in [-0.4, -0.2) is 4.98 Å². The Labute approximate surface area is 116 Å². The first-order chi connectivity index (χ1) is 7.66. The van der Waals surface area contributed by atoms with Crippen molar-refractivity contribution < 1.29 is 0 Å². The molecule has 2 aromatic rings. The molecule has 1 aromatic heterocycles. The molecule has 1 aromatic carbocycles. The molecule has 0 saturated carbocycles. The van der Waals surface area contributed by atoms with Gasteiger partial charge in [-0.1, -0.05) is 23.9 Å². The largest absolute Gasteiger partial charge is 0.245 e. The topological polar surface area (TPSA) is 12.9 Å². The predicted molar refractivity (Wildman–Crippen MR) is 74.9 cm³/mol. The van der Waals surface area contributed by atoms with Crippen molar-refractivity contribution in [3.63, 3.8) is 0 Å². The molecule has 0 amide bonds. The average Bonchev–Trinajstić information content (AvgIpc) is 2.27. The monoisotopic (exact) mass is 357 g/mol. The first-order valence-corrected chi connectivity index (χ1v) is 7.12. The van der Waals surface area contributed by atoms with E-state index in [-0.39, 0.29) is 0 Å². The van der Waals surface area contributed by atoms with Crippen LogP contribution >= 0.6 is 43.6 Å². The summed E-state index contributed by atoms with van der Waals surface area (Å²) in [6.45, 7) is 1.99. The second kappa shape index (κ2) is 5.34. The van der Waals surface area contributed by atoms with E-state index < -0.39 is 0 Å². The summed E-state index contributed by atoms with van der Waals surface area (Å²) in [5, 5.41) is 1.01. The van der Waals surface area contributed by atoms with E-state index in [0.29, 0.717) is 0 Å². The van der Waals surface area contributed by atoms with Gasteiger partial charge in [0, 0.05) is 13.8 Å². The van der Waals surface area contributed by atoms with E-state index in [4.69, 9.17) is 0 Å². The normalized spacial score (nSPS) is 10.4. The molecule has 0 bridgehead atoms. The number of pyridine rings is 1. The van der Waals surface area contributed by atoms with Gasteiger partial charge in [0.05, 0.1) is 5.69 Å². The van der Waals surface area contributed by atoms with Gasteiger partial charge in [-0.3, -0.25) is 0 Å². The number of rotatable bonds is 2. The molecule has 4 heteroatoms. The minimum atomic E-state index is 1.01. The van der Waals surface area contributed by atoms with Gasteiger partial charge in [0.1, 0.15) is 5.03 Å². The van der Waals surface area contributed by atoms with E-state index in [1.807, 2.05) is 37.3 Å². The summed E-state index contributed by atoms with van der Waals surface area (Å²) in [4.78, 5) is 5.68. The van der Waals surface area contributed by atoms with Crippen molar-refractivity contribution in [2.24, 2.45) is 0 Å². The molecular formula is C12H9Br2NS. The molecule has 1 nitrogen and oxygen atoms in total. The van der Waals surface area contributed by atoms with Crippen LogP contribution in [0.15, 0.2) is 55.3 Å². The summed E-state index contributed by atoms with van der Waals surface area (Å²) in [7, 11) is 0. The molecule has 2 rings (SSSR count). The van der Waals surface area contributed by atoms with Crippen LogP contribution < -0.4 is 0 Å². The minimum absolute atomic E-state index is 1.01. The van der Waals surface area contributed by atoms with E-state index in [1.54, 1.807) is 11.8 Å². The van der Waals surface area contributed by atoms with Gasteiger partial charge in [0.25, 0.3) is 0 Å². The third-order valence-electron chi connectivity index (χ3n) is 2.05. The van der Waals surface area contributed by atoms with Crippen LogP contribution in [-0.2, 0) is 0 Å². The second-order valence-electron chi connectivity index (χ2n) is 3.25. The average molecular weight is 359 g/mol. The molecule has 0 aliphatic rings. The fourth-order valence-electron chi connectivity index (χ4n) is 1.22. The lowest BCUT2D eigenvalue weighted by Gasteiger charge is -2.04. The molecule has 0 N–H and O–H groups in total. The molecule has 16 heavy (non-hydrogen) atoms. The highest BCUT2D eigenvalue weighted by Crippen LogP contribution is 2.32. The van der Waals surface area contributed by atoms with Crippen LogP contribution in [0.25, 0.3) is 0 Å². The third kappa shape index (κ3) is 2.87. The lowest BCUT2D eigenvalue weighted by molar-refractivity contribution is 1.05. The molecule has 82 valence electrons. The highest BCUT2D eigenvalue weighted by atomic mass is 79.9. The number of hydrogen-bond acceptors (Lipinski definition) is 2. The molecular weight excluding hydrogens is 350 g/mol. The Bertz CT molecular complexity index is 514. The number of hydrogen-bond donors (Lipinski definition) is 0. The molecule has 0 spiro atoms. The fraction of sp³-hybridized carbons (Fsp3) is 0.0833. The molecule has 0 unspecified atom stereocenters. The summed E-state index contributed by atoms with van der Waals surface area (Å²) < 4.78 is 2.14. The van der Waals surface area contributed by atoms with Gasteiger partial charge in [0.2, 0.25) is 0 Å². The lowest BCUT2D eigenvalue weighted by Crippen LogP contribution is -1.85. The Morgan fingerprint density at radius 3 is 2.44 bits per heavy atom. The Morgan fingerprint density at radius 2 is 1.75 bits per heavy atom. The summed E-state index contributed by atoms with van der Waals surface area (Å²) >= 11 is 8.64. The Morgan fingerprint density at radius 1 is 1.00 bits per heavy atom. The highest BCUT2D eigenvalue weighted by molar-refractivity contribution is 9.10. The SMILES string of the molecule is Cc1nc(Sc2ccccc2Br)ccc1Br. The van der Waals surface area contributed by atoms with Gasteiger partial charge in [-0.25, -0.2) is 4.98 Å². The summed E-state index contributed by atoms with van der Waals surface area (Å²) in [5.41, 5.74) is 1.01. The smallest absolute Gasteiger partial charge is 0.101 e. The number of aryl methyl sites for hydroxylation is 1. The third-order valence-corrected chi connectivity index (χ3v) is 4.85. The van der Waals surface area contributed by atoms with Crippen LogP contribution in [0.4, 0.5) is 0 Å². The van der Waals surface area contributed by atoms with E-state index in [9.17, 15) is 0 Å². The number of benzene rings is 1. The summed E-state index contributed by atoms with van der Waals surface area (Å²) in [6, 6.07) is 12.2. The van der Waals surface area contributed by atoms with E-state index >= 15 is 0 Å². The summed E-state index contributed by atoms with van der Waals surface area (Å²) in [6.07, 6.45) is 0. The highest BCUT2D eigenvalue weighted by Gasteiger charge is 2.04. The maximum absolute atomic E-state index is 4.50. The quantitative estimate of drug-likeness (QED) is 0.743. The molecule has 1 heterocycles. The number of aromatic nitrogens is 1. The number of nitrogens with zero attached hydrogens (tertiary/aromatic N) is 1. The molecule has 0 aliphatic heterocycles. The standard InChI is InChI=1S/C12H9Br2NS/c1-8-9(13)6-7-12(15-8)16-11-5-3-2-4-10(11)14/h2-7H,1H3. The lowest BCUT2D eigenvalue weighted by atomic mass is 10.4. The second-order valence-corrected chi connectivity index (χ2v) is 6.02. The zero-order chi connectivity index (χ0) is 11.5. The van der Waals surface area contributed by atoms with Gasteiger partial charge in [0.15, 0.2) is 0 Å². The molecule has 0 aliphatic carbocycles. The minimum Gasteiger partial charge on any atom is -0.245 e. The van der Waals surface area contributed by atoms with Crippen molar-refractivity contribution in [1.29, 1.82) is 0 Å². The first-order valence-electron chi connectivity index (χ1n) is 4.72. The van der Waals surface area contributed by atoms with Crippen molar-refractivity contribution in [2.45, 2.75) is 16.8 Å². The molecule has 0 atom stereocenters. The van der Waals surface area contributed by atoms with Crippen molar-refractivity contribution in [2.75, 3.05) is 0 Å². The maximum Gasteiger partial charge on any atom is 0.101 e. The van der Waals surface area contributed by atoms with Gasteiger partial charge in [-0.05, 0) is 63.0 Å². The van der Waals surface area contributed by atoms with E-state index in [2.05, 4.69) is 42.9 Å². The zero-order valence-corrected chi connectivity index (χ0v) is 12.6. The van der Waals surface area contributed by atoms with Gasteiger partial charge < -0.3 is 0 Å². The van der Waals surface area contributed by atoms with Crippen molar-refractivity contribution >= 4 is 43.6 Å². The summed E-state index contributed by atoms with van der Waals surface area (Å²) in [5.74, 6) is 0. The Kier molecular flexibility index (Phi) is 4.05. The van der Waals surface area contributed by atoms with Crippen LogP contribution in [0.3, 0.4) is 0 Å². The van der Waals surface area contributed by atoms with Crippen LogP contribution in [0.2, 0.25) is 0 Å². The maximum atomic E-state index is 4.50. The van der Waals surface area contributed by atoms with Gasteiger partial charge in [-0.15, -0.1) is 0 Å². The Balaban J connectivity index is 2.28. The first kappa shape index (κ1) is 12.1. The van der Waals surface area contributed by atoms with Gasteiger partial charge in [-0.2, -0.15) is 0 Å². The number of halogens is 2. The van der Waals surface area contributed by atoms with Crippen LogP contribution in [0, 0.1) is 6.92 Å².